The zero-order chi connectivity index (χ0) is 28.6. The van der Waals surface area contributed by atoms with Crippen LogP contribution in [0.2, 0.25) is 0 Å². The van der Waals surface area contributed by atoms with Crippen LogP contribution in [0.3, 0.4) is 0 Å². The Morgan fingerprint density at radius 2 is 1.52 bits per heavy atom. The minimum atomic E-state index is -0.502. The molecule has 1 unspecified atom stereocenters. The van der Waals surface area contributed by atoms with Crippen molar-refractivity contribution < 1.29 is 28.8 Å². The molecule has 1 fully saturated rings. The Balaban J connectivity index is 1.70. The summed E-state index contributed by atoms with van der Waals surface area (Å²) in [5.41, 5.74) is 2.25. The van der Waals surface area contributed by atoms with E-state index in [0.29, 0.717) is 39.1 Å². The Bertz CT molecular complexity index is 942. The molecule has 0 bridgehead atoms. The van der Waals surface area contributed by atoms with E-state index in [1.54, 1.807) is 0 Å². The zero-order valence-corrected chi connectivity index (χ0v) is 24.6. The molecule has 222 valence electrons. The average molecular weight is 556 g/mol. The van der Waals surface area contributed by atoms with Crippen molar-refractivity contribution in [1.29, 1.82) is 0 Å². The van der Waals surface area contributed by atoms with Crippen molar-refractivity contribution >= 4 is 5.97 Å². The van der Waals surface area contributed by atoms with Crippen LogP contribution in [-0.2, 0) is 37.0 Å². The fourth-order valence-corrected chi connectivity index (χ4v) is 5.39. The Kier molecular flexibility index (Phi) is 14.7. The first-order chi connectivity index (χ1) is 19.5. The highest BCUT2D eigenvalue weighted by Gasteiger charge is 2.47. The van der Waals surface area contributed by atoms with Gasteiger partial charge in [-0.25, -0.2) is 0 Å². The van der Waals surface area contributed by atoms with Crippen LogP contribution in [-0.4, -0.2) is 73.2 Å². The lowest BCUT2D eigenvalue weighted by Crippen LogP contribution is -2.49. The van der Waals surface area contributed by atoms with Crippen LogP contribution in [0.5, 0.6) is 0 Å². The van der Waals surface area contributed by atoms with Crippen molar-refractivity contribution in [2.75, 3.05) is 26.8 Å². The maximum atomic E-state index is 11.7. The number of rotatable bonds is 19. The van der Waals surface area contributed by atoms with E-state index in [1.807, 2.05) is 43.3 Å². The first-order valence-corrected chi connectivity index (χ1v) is 15.0. The van der Waals surface area contributed by atoms with Crippen LogP contribution in [0.1, 0.15) is 69.9 Å². The lowest BCUT2D eigenvalue weighted by molar-refractivity contribution is -0.143. The molecule has 0 aliphatic heterocycles. The molecule has 1 saturated carbocycles. The van der Waals surface area contributed by atoms with E-state index in [9.17, 15) is 9.90 Å². The normalized spacial score (nSPS) is 21.5. The molecule has 1 aliphatic rings. The van der Waals surface area contributed by atoms with Crippen molar-refractivity contribution in [2.24, 2.45) is 0 Å². The van der Waals surface area contributed by atoms with Crippen molar-refractivity contribution in [3.63, 3.8) is 0 Å². The molecule has 5 atom stereocenters. The van der Waals surface area contributed by atoms with Crippen LogP contribution in [0.25, 0.3) is 0 Å². The topological polar surface area (TPSA) is 77.5 Å². The van der Waals surface area contributed by atoms with E-state index in [-0.39, 0.29) is 36.9 Å². The summed E-state index contributed by atoms with van der Waals surface area (Å²) in [6, 6.07) is 20.4. The van der Waals surface area contributed by atoms with Crippen molar-refractivity contribution in [2.45, 2.75) is 102 Å². The molecular weight excluding hydrogens is 506 g/mol. The molecule has 0 saturated heterocycles. The number of benzene rings is 2. The maximum absolute atomic E-state index is 11.7. The van der Waals surface area contributed by atoms with E-state index in [4.69, 9.17) is 18.9 Å². The average Bonchev–Trinajstić information content (AvgIpc) is 3.32. The molecule has 1 N–H and O–H groups in total. The van der Waals surface area contributed by atoms with E-state index in [0.717, 1.165) is 43.4 Å². The number of aliphatic hydroxyl groups excluding tert-OH is 1. The Morgan fingerprint density at radius 1 is 0.900 bits per heavy atom. The van der Waals surface area contributed by atoms with Crippen LogP contribution < -0.4 is 0 Å². The largest absolute Gasteiger partial charge is 0.466 e. The standard InChI is InChI=1S/C33H49NO6/c1-4-15-28(35)25-40-33-30(39-24-27-18-11-7-12-19-27)22-29(38-23-26-16-9-6-10-17-26)32(33)34(3)21-14-8-13-20-31(36)37-5-2/h6-7,9-12,16-19,28-30,32-33,35H,4-5,8,13-15,20-25H2,1-3H3/t28?,29-,30+,32+,33+/m1/s1. The molecule has 0 heterocycles. The highest BCUT2D eigenvalue weighted by atomic mass is 16.6. The predicted octanol–water partition coefficient (Wildman–Crippen LogP) is 5.53. The van der Waals surface area contributed by atoms with Crippen LogP contribution in [0.4, 0.5) is 0 Å². The van der Waals surface area contributed by atoms with Gasteiger partial charge < -0.3 is 24.1 Å². The van der Waals surface area contributed by atoms with E-state index >= 15 is 0 Å². The van der Waals surface area contributed by atoms with E-state index < -0.39 is 6.10 Å². The molecule has 2 aromatic carbocycles. The van der Waals surface area contributed by atoms with E-state index in [1.165, 1.54) is 0 Å². The van der Waals surface area contributed by atoms with Gasteiger partial charge in [0, 0.05) is 12.8 Å². The number of carbonyl (C=O) groups is 1. The molecule has 1 aliphatic carbocycles. The fourth-order valence-electron chi connectivity index (χ4n) is 5.39. The second-order valence-corrected chi connectivity index (χ2v) is 10.7. The molecule has 0 spiro atoms. The highest BCUT2D eigenvalue weighted by molar-refractivity contribution is 5.69. The minimum absolute atomic E-state index is 0.0247. The number of esters is 1. The number of carbonyl (C=O) groups excluding carboxylic acids is 1. The summed E-state index contributed by atoms with van der Waals surface area (Å²) < 4.78 is 24.6. The quantitative estimate of drug-likeness (QED) is 0.180. The number of hydrogen-bond donors (Lipinski definition) is 1. The molecule has 3 rings (SSSR count). The lowest BCUT2D eigenvalue weighted by atomic mass is 10.1. The smallest absolute Gasteiger partial charge is 0.305 e. The molecule has 7 heteroatoms. The second-order valence-electron chi connectivity index (χ2n) is 10.7. The van der Waals surface area contributed by atoms with Crippen LogP contribution >= 0.6 is 0 Å². The lowest BCUT2D eigenvalue weighted by Gasteiger charge is -2.34. The van der Waals surface area contributed by atoms with Gasteiger partial charge in [-0.05, 0) is 50.9 Å². The van der Waals surface area contributed by atoms with Gasteiger partial charge in [-0.3, -0.25) is 9.69 Å². The summed E-state index contributed by atoms with van der Waals surface area (Å²) in [7, 11) is 2.12. The molecule has 0 amide bonds. The van der Waals surface area contributed by atoms with Gasteiger partial charge in [0.15, 0.2) is 0 Å². The molecule has 0 radical (unpaired) electrons. The first kappa shape index (κ1) is 32.2. The van der Waals surface area contributed by atoms with Gasteiger partial charge in [-0.15, -0.1) is 0 Å². The fraction of sp³-hybridized carbons (Fsp3) is 0.606. The summed E-state index contributed by atoms with van der Waals surface area (Å²) in [5, 5.41) is 10.5. The van der Waals surface area contributed by atoms with Gasteiger partial charge in [-0.2, -0.15) is 0 Å². The van der Waals surface area contributed by atoms with Crippen molar-refractivity contribution in [3.05, 3.63) is 71.8 Å². The molecule has 0 aromatic heterocycles. The summed E-state index contributed by atoms with van der Waals surface area (Å²) in [6.45, 7) is 6.47. The molecule has 2 aromatic rings. The predicted molar refractivity (Wildman–Crippen MR) is 157 cm³/mol. The van der Waals surface area contributed by atoms with Crippen molar-refractivity contribution in [1.82, 2.24) is 4.90 Å². The van der Waals surface area contributed by atoms with E-state index in [2.05, 4.69) is 43.1 Å². The summed E-state index contributed by atoms with van der Waals surface area (Å²) in [5.74, 6) is -0.126. The number of hydrogen-bond acceptors (Lipinski definition) is 7. The third kappa shape index (κ3) is 10.9. The Morgan fingerprint density at radius 3 is 2.12 bits per heavy atom. The minimum Gasteiger partial charge on any atom is -0.466 e. The van der Waals surface area contributed by atoms with Gasteiger partial charge >= 0.3 is 5.97 Å². The van der Waals surface area contributed by atoms with Crippen molar-refractivity contribution in [3.8, 4) is 0 Å². The second kappa shape index (κ2) is 18.2. The number of likely N-dealkylation sites (N-methyl/N-ethyl adjacent to an activating group) is 1. The third-order valence-corrected chi connectivity index (χ3v) is 7.47. The highest BCUT2D eigenvalue weighted by Crippen LogP contribution is 2.33. The zero-order valence-electron chi connectivity index (χ0n) is 24.6. The number of unbranched alkanes of at least 4 members (excludes halogenated alkanes) is 2. The number of aliphatic hydroxyl groups is 1. The van der Waals surface area contributed by atoms with Gasteiger partial charge in [0.05, 0.1) is 50.8 Å². The van der Waals surface area contributed by atoms with Gasteiger partial charge in [0.1, 0.15) is 6.10 Å². The summed E-state index contributed by atoms with van der Waals surface area (Å²) >= 11 is 0. The maximum Gasteiger partial charge on any atom is 0.305 e. The van der Waals surface area contributed by atoms with Gasteiger partial charge in [-0.1, -0.05) is 80.4 Å². The number of nitrogens with zero attached hydrogens (tertiary/aromatic N) is 1. The van der Waals surface area contributed by atoms with Gasteiger partial charge in [0.2, 0.25) is 0 Å². The Hall–Kier alpha value is -2.29. The molecular formula is C33H49NO6. The molecule has 40 heavy (non-hydrogen) atoms. The first-order valence-electron chi connectivity index (χ1n) is 15.0. The Labute approximate surface area is 240 Å². The van der Waals surface area contributed by atoms with Gasteiger partial charge in [0.25, 0.3) is 0 Å². The SMILES string of the molecule is CCCC(O)CO[C@@H]1[C@@H](N(C)CCCCCC(=O)OCC)[C@H](OCc2ccccc2)C[C@@H]1OCc1ccccc1. The monoisotopic (exact) mass is 555 g/mol. The van der Waals surface area contributed by atoms with Crippen LogP contribution in [0, 0.1) is 0 Å². The number of ether oxygens (including phenoxy) is 4. The summed E-state index contributed by atoms with van der Waals surface area (Å²) in [4.78, 5) is 14.0. The summed E-state index contributed by atoms with van der Waals surface area (Å²) in [6.07, 6.45) is 4.52. The third-order valence-electron chi connectivity index (χ3n) is 7.47. The molecule has 7 nitrogen and oxygen atoms in total. The van der Waals surface area contributed by atoms with Crippen LogP contribution in [0.15, 0.2) is 60.7 Å².